The van der Waals surface area contributed by atoms with Gasteiger partial charge >= 0.3 is 12.0 Å². The summed E-state index contributed by atoms with van der Waals surface area (Å²) in [6.45, 7) is 1.40. The normalized spacial score (nSPS) is 11.6. The van der Waals surface area contributed by atoms with Gasteiger partial charge in [0.15, 0.2) is 0 Å². The predicted octanol–water partition coefficient (Wildman–Crippen LogP) is 1.69. The second kappa shape index (κ2) is 6.44. The van der Waals surface area contributed by atoms with Gasteiger partial charge in [0, 0.05) is 0 Å². The van der Waals surface area contributed by atoms with Gasteiger partial charge < -0.3 is 21.5 Å². The molecule has 0 spiro atoms. The molecular formula is C11H11Cl2N3O4. The van der Waals surface area contributed by atoms with Gasteiger partial charge in [-0.05, 0) is 19.1 Å². The molecule has 1 unspecified atom stereocenters. The maximum Gasteiger partial charge on any atom is 0.335 e. The Morgan fingerprint density at radius 3 is 2.15 bits per heavy atom. The molecule has 5 N–H and O–H groups in total. The molecule has 0 aromatic heterocycles. The molecule has 1 aromatic rings. The number of urea groups is 1. The van der Waals surface area contributed by atoms with Crippen LogP contribution in [0.25, 0.3) is 0 Å². The van der Waals surface area contributed by atoms with Crippen LogP contribution in [-0.2, 0) is 4.79 Å². The zero-order valence-electron chi connectivity index (χ0n) is 10.2. The number of amides is 3. The van der Waals surface area contributed by atoms with Gasteiger partial charge in [-0.2, -0.15) is 0 Å². The van der Waals surface area contributed by atoms with Gasteiger partial charge in [-0.15, -0.1) is 0 Å². The van der Waals surface area contributed by atoms with Crippen molar-refractivity contribution in [3.63, 3.8) is 0 Å². The monoisotopic (exact) mass is 319 g/mol. The maximum absolute atomic E-state index is 11.6. The van der Waals surface area contributed by atoms with Crippen LogP contribution >= 0.6 is 23.2 Å². The lowest BCUT2D eigenvalue weighted by Gasteiger charge is -2.13. The number of aromatic carboxylic acids is 1. The Kier molecular flexibility index (Phi) is 5.18. The van der Waals surface area contributed by atoms with Gasteiger partial charge in [0.05, 0.1) is 21.3 Å². The van der Waals surface area contributed by atoms with Crippen molar-refractivity contribution in [2.24, 2.45) is 5.73 Å². The number of hydrogen-bond donors (Lipinski definition) is 4. The van der Waals surface area contributed by atoms with Crippen LogP contribution in [0.2, 0.25) is 10.0 Å². The molecule has 1 aromatic carbocycles. The molecule has 7 nitrogen and oxygen atoms in total. The largest absolute Gasteiger partial charge is 0.478 e. The summed E-state index contributed by atoms with van der Waals surface area (Å²) in [5.41, 5.74) is 4.91. The number of anilines is 1. The van der Waals surface area contributed by atoms with Crippen molar-refractivity contribution in [3.8, 4) is 0 Å². The third-order valence-corrected chi connectivity index (χ3v) is 2.90. The SMILES string of the molecule is CC(NC(=O)Nc1c(Cl)cc(C(=O)O)cc1Cl)C(N)=O. The Morgan fingerprint density at radius 1 is 1.25 bits per heavy atom. The minimum Gasteiger partial charge on any atom is -0.478 e. The van der Waals surface area contributed by atoms with E-state index in [1.54, 1.807) is 0 Å². The summed E-state index contributed by atoms with van der Waals surface area (Å²) in [6.07, 6.45) is 0. The summed E-state index contributed by atoms with van der Waals surface area (Å²) in [5.74, 6) is -1.91. The number of hydrogen-bond acceptors (Lipinski definition) is 3. The summed E-state index contributed by atoms with van der Waals surface area (Å²) in [5, 5.41) is 13.3. The number of nitrogens with two attached hydrogens (primary N) is 1. The third kappa shape index (κ3) is 4.01. The Morgan fingerprint density at radius 2 is 1.75 bits per heavy atom. The van der Waals surface area contributed by atoms with Gasteiger partial charge in [0.25, 0.3) is 0 Å². The average Bonchev–Trinajstić information content (AvgIpc) is 2.33. The molecule has 0 aliphatic carbocycles. The Labute approximate surface area is 124 Å². The number of benzene rings is 1. The lowest BCUT2D eigenvalue weighted by Crippen LogP contribution is -2.44. The van der Waals surface area contributed by atoms with E-state index in [4.69, 9.17) is 34.0 Å². The molecule has 9 heteroatoms. The van der Waals surface area contributed by atoms with Crippen molar-refractivity contribution in [3.05, 3.63) is 27.7 Å². The molecule has 0 radical (unpaired) electrons. The van der Waals surface area contributed by atoms with Crippen LogP contribution in [0.15, 0.2) is 12.1 Å². The molecule has 1 atom stereocenters. The van der Waals surface area contributed by atoms with E-state index in [-0.39, 0.29) is 21.3 Å². The molecule has 0 heterocycles. The van der Waals surface area contributed by atoms with E-state index < -0.39 is 23.9 Å². The second-order valence-corrected chi connectivity index (χ2v) is 4.66. The topological polar surface area (TPSA) is 122 Å². The number of carboxylic acid groups (broad SMARTS) is 1. The summed E-state index contributed by atoms with van der Waals surface area (Å²) in [6, 6.07) is 0.653. The standard InChI is InChI=1S/C11H11Cl2N3O4/c1-4(9(14)17)15-11(20)16-8-6(12)2-5(10(18)19)3-7(8)13/h2-4H,1H3,(H2,14,17)(H,18,19)(H2,15,16,20). The van der Waals surface area contributed by atoms with E-state index in [0.717, 1.165) is 12.1 Å². The van der Waals surface area contributed by atoms with Crippen molar-refractivity contribution < 1.29 is 19.5 Å². The summed E-state index contributed by atoms with van der Waals surface area (Å²) < 4.78 is 0. The van der Waals surface area contributed by atoms with E-state index in [2.05, 4.69) is 10.6 Å². The molecule has 1 rings (SSSR count). The molecule has 0 fully saturated rings. The van der Waals surface area contributed by atoms with E-state index in [1.165, 1.54) is 6.92 Å². The predicted molar refractivity (Wildman–Crippen MR) is 74.2 cm³/mol. The number of primary amides is 1. The van der Waals surface area contributed by atoms with Gasteiger partial charge in [0.1, 0.15) is 6.04 Å². The first kappa shape index (κ1) is 16.1. The second-order valence-electron chi connectivity index (χ2n) is 3.84. The molecule has 108 valence electrons. The zero-order chi connectivity index (χ0) is 15.4. The fraction of sp³-hybridized carbons (Fsp3) is 0.182. The van der Waals surface area contributed by atoms with Gasteiger partial charge in [0.2, 0.25) is 5.91 Å². The first-order valence-electron chi connectivity index (χ1n) is 5.31. The molecule has 0 saturated heterocycles. The van der Waals surface area contributed by atoms with Crippen molar-refractivity contribution in [1.29, 1.82) is 0 Å². The highest BCUT2D eigenvalue weighted by Gasteiger charge is 2.16. The highest BCUT2D eigenvalue weighted by molar-refractivity contribution is 6.40. The minimum atomic E-state index is -1.20. The maximum atomic E-state index is 11.6. The van der Waals surface area contributed by atoms with Gasteiger partial charge in [-0.25, -0.2) is 9.59 Å². The first-order valence-corrected chi connectivity index (χ1v) is 6.07. The molecule has 0 saturated carbocycles. The average molecular weight is 320 g/mol. The summed E-state index contributed by atoms with van der Waals surface area (Å²) in [4.78, 5) is 33.2. The van der Waals surface area contributed by atoms with Crippen molar-refractivity contribution in [2.45, 2.75) is 13.0 Å². The van der Waals surface area contributed by atoms with Crippen LogP contribution in [0.5, 0.6) is 0 Å². The highest BCUT2D eigenvalue weighted by Crippen LogP contribution is 2.31. The summed E-state index contributed by atoms with van der Waals surface area (Å²) >= 11 is 11.7. The fourth-order valence-electron chi connectivity index (χ4n) is 1.23. The van der Waals surface area contributed by atoms with Crippen LogP contribution in [0.4, 0.5) is 10.5 Å². The Hall–Kier alpha value is -1.99. The summed E-state index contributed by atoms with van der Waals surface area (Å²) in [7, 11) is 0. The molecule has 3 amide bonds. The quantitative estimate of drug-likeness (QED) is 0.674. The Balaban J connectivity index is 2.91. The van der Waals surface area contributed by atoms with Crippen LogP contribution < -0.4 is 16.4 Å². The van der Waals surface area contributed by atoms with Crippen LogP contribution in [0.1, 0.15) is 17.3 Å². The van der Waals surface area contributed by atoms with Crippen molar-refractivity contribution in [1.82, 2.24) is 5.32 Å². The van der Waals surface area contributed by atoms with Crippen molar-refractivity contribution >= 4 is 46.8 Å². The van der Waals surface area contributed by atoms with Crippen molar-refractivity contribution in [2.75, 3.05) is 5.32 Å². The van der Waals surface area contributed by atoms with E-state index in [0.29, 0.717) is 0 Å². The third-order valence-electron chi connectivity index (χ3n) is 2.30. The Bertz CT molecular complexity index is 554. The number of carbonyl (C=O) groups is 3. The fourth-order valence-corrected chi connectivity index (χ4v) is 1.81. The van der Waals surface area contributed by atoms with Gasteiger partial charge in [-0.1, -0.05) is 23.2 Å². The van der Waals surface area contributed by atoms with Crippen LogP contribution in [-0.4, -0.2) is 29.1 Å². The number of carboxylic acids is 1. The number of carbonyl (C=O) groups excluding carboxylic acids is 2. The van der Waals surface area contributed by atoms with Crippen LogP contribution in [0.3, 0.4) is 0 Å². The van der Waals surface area contributed by atoms with E-state index in [9.17, 15) is 14.4 Å². The number of rotatable bonds is 4. The zero-order valence-corrected chi connectivity index (χ0v) is 11.7. The first-order chi connectivity index (χ1) is 9.22. The molecule has 20 heavy (non-hydrogen) atoms. The van der Waals surface area contributed by atoms with E-state index in [1.807, 2.05) is 0 Å². The lowest BCUT2D eigenvalue weighted by molar-refractivity contribution is -0.119. The van der Waals surface area contributed by atoms with Gasteiger partial charge in [-0.3, -0.25) is 4.79 Å². The smallest absolute Gasteiger partial charge is 0.335 e. The lowest BCUT2D eigenvalue weighted by atomic mass is 10.2. The number of halogens is 2. The molecule has 0 bridgehead atoms. The van der Waals surface area contributed by atoms with E-state index >= 15 is 0 Å². The molecule has 0 aliphatic rings. The highest BCUT2D eigenvalue weighted by atomic mass is 35.5. The number of nitrogens with one attached hydrogen (secondary N) is 2. The molecule has 0 aliphatic heterocycles. The van der Waals surface area contributed by atoms with Crippen LogP contribution in [0, 0.1) is 0 Å². The molecular weight excluding hydrogens is 309 g/mol. The minimum absolute atomic E-state index is 0.0347.